The second kappa shape index (κ2) is 5.52. The van der Waals surface area contributed by atoms with Gasteiger partial charge in [-0.3, -0.25) is 0 Å². The molecule has 0 unspecified atom stereocenters. The first-order valence-electron chi connectivity index (χ1n) is 7.15. The fourth-order valence-electron chi connectivity index (χ4n) is 2.31. The van der Waals surface area contributed by atoms with Crippen LogP contribution in [0.3, 0.4) is 0 Å². The maximum absolute atomic E-state index is 2.50. The van der Waals surface area contributed by atoms with Crippen LogP contribution in [-0.4, -0.2) is 22.1 Å². The van der Waals surface area contributed by atoms with E-state index in [1.807, 2.05) is 0 Å². The van der Waals surface area contributed by atoms with Gasteiger partial charge < -0.3 is 0 Å². The van der Waals surface area contributed by atoms with E-state index in [4.69, 9.17) is 0 Å². The van der Waals surface area contributed by atoms with E-state index in [0.717, 1.165) is 5.40 Å². The highest BCUT2D eigenvalue weighted by atomic mass is 31.2. The molecule has 1 heterocycles. The van der Waals surface area contributed by atoms with E-state index in [0.29, 0.717) is 16.2 Å². The average molecular weight is 316 g/mol. The molecule has 0 bridgehead atoms. The maximum atomic E-state index is 2.50. The average Bonchev–Trinajstić information content (AvgIpc) is 2.11. The second-order valence-corrected chi connectivity index (χ2v) is 14.3. The molecule has 0 aromatic carbocycles. The summed E-state index contributed by atoms with van der Waals surface area (Å²) < 4.78 is 0. The van der Waals surface area contributed by atoms with Crippen LogP contribution >= 0.6 is 24.3 Å². The Labute approximate surface area is 125 Å². The SMILES string of the molecule is CP1C(C(C)(C)C)=PC(C(C)(C)C)P=C1C(C)(C)C. The molecule has 110 valence electrons. The van der Waals surface area contributed by atoms with Crippen molar-refractivity contribution in [3.63, 3.8) is 0 Å². The molecule has 0 saturated heterocycles. The lowest BCUT2D eigenvalue weighted by molar-refractivity contribution is 0.457. The van der Waals surface area contributed by atoms with Crippen molar-refractivity contribution in [1.82, 2.24) is 0 Å². The lowest BCUT2D eigenvalue weighted by atomic mass is 9.99. The van der Waals surface area contributed by atoms with E-state index < -0.39 is 0 Å². The molecule has 0 spiro atoms. The van der Waals surface area contributed by atoms with Crippen molar-refractivity contribution in [2.45, 2.75) is 67.7 Å². The van der Waals surface area contributed by atoms with Crippen molar-refractivity contribution in [2.24, 2.45) is 16.2 Å². The summed E-state index contributed by atoms with van der Waals surface area (Å²) in [4.78, 5) is 0. The molecule has 0 atom stereocenters. The van der Waals surface area contributed by atoms with Crippen LogP contribution in [0.5, 0.6) is 0 Å². The fraction of sp³-hybridized carbons (Fsp3) is 0.875. The van der Waals surface area contributed by atoms with Gasteiger partial charge in [0.1, 0.15) is 0 Å². The molecular formula is C16H31P3. The molecule has 1 aliphatic heterocycles. The molecule has 0 nitrogen and oxygen atoms in total. The lowest BCUT2D eigenvalue weighted by Gasteiger charge is -2.41. The van der Waals surface area contributed by atoms with Crippen LogP contribution in [0.2, 0.25) is 0 Å². The summed E-state index contributed by atoms with van der Waals surface area (Å²) in [6.07, 6.45) is 0. The Hall–Kier alpha value is 0.770. The third kappa shape index (κ3) is 4.37. The highest BCUT2D eigenvalue weighted by molar-refractivity contribution is 8.04. The Kier molecular flexibility index (Phi) is 5.18. The topological polar surface area (TPSA) is 0 Å². The van der Waals surface area contributed by atoms with Crippen molar-refractivity contribution in [3.8, 4) is 0 Å². The van der Waals surface area contributed by atoms with Gasteiger partial charge in [-0.05, 0) is 40.9 Å². The van der Waals surface area contributed by atoms with Gasteiger partial charge in [0.2, 0.25) is 0 Å². The summed E-state index contributed by atoms with van der Waals surface area (Å²) in [5, 5.41) is 4.35. The fourth-order valence-corrected chi connectivity index (χ4v) is 10.9. The lowest BCUT2D eigenvalue weighted by Crippen LogP contribution is -2.30. The molecular weight excluding hydrogens is 285 g/mol. The van der Waals surface area contributed by atoms with Crippen molar-refractivity contribution in [2.75, 3.05) is 6.66 Å². The zero-order valence-electron chi connectivity index (χ0n) is 14.4. The van der Waals surface area contributed by atoms with Gasteiger partial charge in [0.25, 0.3) is 0 Å². The molecule has 1 aliphatic rings. The van der Waals surface area contributed by atoms with E-state index in [2.05, 4.69) is 69.0 Å². The first-order valence-corrected chi connectivity index (χ1v) is 10.9. The predicted octanol–water partition coefficient (Wildman–Crippen LogP) is 6.73. The standard InChI is InChI=1S/C16H31P3/c1-14(2,3)11-17-12(15(4,5)6)19(10)13(18-11)16(7,8)9/h11H,1-10H3. The van der Waals surface area contributed by atoms with Crippen molar-refractivity contribution in [1.29, 1.82) is 0 Å². The van der Waals surface area contributed by atoms with Gasteiger partial charge in [-0.2, -0.15) is 0 Å². The van der Waals surface area contributed by atoms with Crippen molar-refractivity contribution in [3.05, 3.63) is 0 Å². The van der Waals surface area contributed by atoms with Crippen LogP contribution in [0.1, 0.15) is 62.3 Å². The van der Waals surface area contributed by atoms with Crippen LogP contribution in [-0.2, 0) is 0 Å². The largest absolute Gasteiger partial charge is 0.0865 e. The second-order valence-electron chi connectivity index (χ2n) is 8.70. The van der Waals surface area contributed by atoms with Gasteiger partial charge in [-0.25, -0.2) is 0 Å². The number of rotatable bonds is 0. The minimum absolute atomic E-state index is 0.0598. The third-order valence-electron chi connectivity index (χ3n) is 3.24. The summed E-state index contributed by atoms with van der Waals surface area (Å²) >= 11 is 0. The third-order valence-corrected chi connectivity index (χ3v) is 12.9. The number of hydrogen-bond acceptors (Lipinski definition) is 0. The molecule has 0 aromatic rings. The van der Waals surface area contributed by atoms with Gasteiger partial charge >= 0.3 is 0 Å². The number of hydrogen-bond donors (Lipinski definition) is 0. The quantitative estimate of drug-likeness (QED) is 0.435. The van der Waals surface area contributed by atoms with Crippen LogP contribution in [0.25, 0.3) is 0 Å². The molecule has 0 N–H and O–H groups in total. The highest BCUT2D eigenvalue weighted by Crippen LogP contribution is 2.60. The van der Waals surface area contributed by atoms with Gasteiger partial charge in [-0.1, -0.05) is 78.7 Å². The van der Waals surface area contributed by atoms with Gasteiger partial charge in [0, 0.05) is 5.40 Å². The van der Waals surface area contributed by atoms with E-state index in [1.165, 1.54) is 0 Å². The Balaban J connectivity index is 3.35. The van der Waals surface area contributed by atoms with Gasteiger partial charge in [0.15, 0.2) is 0 Å². The first-order chi connectivity index (χ1) is 8.24. The predicted molar refractivity (Wildman–Crippen MR) is 98.9 cm³/mol. The molecule has 0 aromatic heterocycles. The van der Waals surface area contributed by atoms with Crippen molar-refractivity contribution >= 4 is 34.4 Å². The van der Waals surface area contributed by atoms with Crippen LogP contribution in [0.4, 0.5) is 0 Å². The summed E-state index contributed by atoms with van der Waals surface area (Å²) in [5.74, 6) is 0. The minimum atomic E-state index is -0.0598. The Bertz CT molecular complexity index is 365. The Morgan fingerprint density at radius 2 is 1.05 bits per heavy atom. The summed E-state index contributed by atoms with van der Waals surface area (Å²) in [5.41, 5.74) is 1.09. The van der Waals surface area contributed by atoms with Crippen LogP contribution in [0.15, 0.2) is 0 Å². The molecule has 0 amide bonds. The van der Waals surface area contributed by atoms with E-state index >= 15 is 0 Å². The Morgan fingerprint density at radius 3 is 1.26 bits per heavy atom. The zero-order valence-corrected chi connectivity index (χ0v) is 17.1. The molecule has 0 saturated carbocycles. The molecule has 0 fully saturated rings. The summed E-state index contributed by atoms with van der Waals surface area (Å²) in [6.45, 7) is 24.1. The van der Waals surface area contributed by atoms with E-state index in [1.54, 1.807) is 26.5 Å². The zero-order chi connectivity index (χ0) is 15.2. The van der Waals surface area contributed by atoms with Crippen LogP contribution < -0.4 is 0 Å². The normalized spacial score (nSPS) is 27.7. The summed E-state index contributed by atoms with van der Waals surface area (Å²) in [6, 6.07) is 0. The highest BCUT2D eigenvalue weighted by Gasteiger charge is 2.37. The minimum Gasteiger partial charge on any atom is -0.0865 e. The van der Waals surface area contributed by atoms with Crippen LogP contribution in [0, 0.1) is 16.2 Å². The monoisotopic (exact) mass is 316 g/mol. The van der Waals surface area contributed by atoms with Gasteiger partial charge in [-0.15, -0.1) is 0 Å². The maximum Gasteiger partial charge on any atom is 0.0482 e. The van der Waals surface area contributed by atoms with E-state index in [9.17, 15) is 0 Å². The molecule has 19 heavy (non-hydrogen) atoms. The van der Waals surface area contributed by atoms with Gasteiger partial charge in [0.05, 0.1) is 0 Å². The molecule has 0 radical (unpaired) electrons. The molecule has 1 rings (SSSR count). The van der Waals surface area contributed by atoms with Crippen molar-refractivity contribution < 1.29 is 0 Å². The van der Waals surface area contributed by atoms with E-state index in [-0.39, 0.29) is 7.92 Å². The first kappa shape index (κ1) is 17.8. The Morgan fingerprint density at radius 1 is 0.737 bits per heavy atom. The molecule has 0 aliphatic carbocycles. The summed E-state index contributed by atoms with van der Waals surface area (Å²) in [7, 11) is 3.17. The molecule has 3 heteroatoms. The smallest absolute Gasteiger partial charge is 0.0482 e.